The first kappa shape index (κ1) is 22.5. The first-order valence-electron chi connectivity index (χ1n) is 10.7. The van der Waals surface area contributed by atoms with Gasteiger partial charge in [-0.15, -0.1) is 0 Å². The quantitative estimate of drug-likeness (QED) is 0.560. The van der Waals surface area contributed by atoms with E-state index in [1.807, 2.05) is 61.5 Å². The van der Waals surface area contributed by atoms with Crippen molar-refractivity contribution >= 4 is 17.7 Å². The Morgan fingerprint density at radius 3 is 2.35 bits per heavy atom. The molecule has 1 unspecified atom stereocenters. The largest absolute Gasteiger partial charge is 0.466 e. The first-order valence-corrected chi connectivity index (χ1v) is 10.7. The van der Waals surface area contributed by atoms with E-state index in [1.165, 1.54) is 0 Å². The summed E-state index contributed by atoms with van der Waals surface area (Å²) >= 11 is 0. The number of benzene rings is 2. The molecule has 0 radical (unpaired) electrons. The minimum Gasteiger partial charge on any atom is -0.466 e. The molecule has 0 heterocycles. The highest BCUT2D eigenvalue weighted by molar-refractivity contribution is 5.94. The number of esters is 1. The molecule has 1 N–H and O–H groups in total. The summed E-state index contributed by atoms with van der Waals surface area (Å²) in [6.07, 6.45) is 4.65. The normalized spacial score (nSPS) is 24.5. The van der Waals surface area contributed by atoms with E-state index >= 15 is 0 Å². The molecule has 1 amide bonds. The minimum atomic E-state index is -0.695. The summed E-state index contributed by atoms with van der Waals surface area (Å²) in [6.45, 7) is 4.37. The van der Waals surface area contributed by atoms with Crippen molar-refractivity contribution in [2.75, 3.05) is 13.2 Å². The van der Waals surface area contributed by atoms with Crippen molar-refractivity contribution in [1.82, 2.24) is 5.32 Å². The second kappa shape index (κ2) is 10.2. The molecule has 3 atom stereocenters. The van der Waals surface area contributed by atoms with Crippen molar-refractivity contribution in [3.63, 3.8) is 0 Å². The molecule has 0 aliphatic heterocycles. The summed E-state index contributed by atoms with van der Waals surface area (Å²) in [5, 5.41) is 2.97. The van der Waals surface area contributed by atoms with E-state index in [1.54, 1.807) is 25.1 Å². The SMILES string of the molecule is CCOC(=O)[C@H]1/C=C/C(C)(CNC(=O)c2ccccc2)CCC(=O)[C@@H]1c1ccccc1. The highest BCUT2D eigenvalue weighted by Crippen LogP contribution is 2.36. The number of ether oxygens (including phenoxy) is 1. The zero-order valence-corrected chi connectivity index (χ0v) is 18.0. The second-order valence-electron chi connectivity index (χ2n) is 8.19. The summed E-state index contributed by atoms with van der Waals surface area (Å²) in [7, 11) is 0. The Morgan fingerprint density at radius 1 is 1.06 bits per heavy atom. The molecule has 5 nitrogen and oxygen atoms in total. The Kier molecular flexibility index (Phi) is 7.40. The van der Waals surface area contributed by atoms with Crippen molar-refractivity contribution in [2.45, 2.75) is 32.6 Å². The van der Waals surface area contributed by atoms with Gasteiger partial charge in [0.25, 0.3) is 5.91 Å². The van der Waals surface area contributed by atoms with E-state index in [2.05, 4.69) is 5.32 Å². The number of rotatable bonds is 6. The van der Waals surface area contributed by atoms with Crippen molar-refractivity contribution in [1.29, 1.82) is 0 Å². The van der Waals surface area contributed by atoms with E-state index in [9.17, 15) is 14.4 Å². The van der Waals surface area contributed by atoms with Crippen molar-refractivity contribution in [3.05, 3.63) is 83.9 Å². The Balaban J connectivity index is 1.84. The zero-order chi connectivity index (χ0) is 22.3. The fourth-order valence-electron chi connectivity index (χ4n) is 3.92. The number of hydrogen-bond donors (Lipinski definition) is 1. The molecule has 3 rings (SSSR count). The Labute approximate surface area is 183 Å². The lowest BCUT2D eigenvalue weighted by Crippen LogP contribution is -2.37. The molecular weight excluding hydrogens is 390 g/mol. The number of ketones is 1. The smallest absolute Gasteiger partial charge is 0.313 e. The molecule has 1 aliphatic carbocycles. The summed E-state index contributed by atoms with van der Waals surface area (Å²) in [5.41, 5.74) is 0.952. The van der Waals surface area contributed by atoms with Crippen LogP contribution in [0.15, 0.2) is 72.8 Å². The highest BCUT2D eigenvalue weighted by atomic mass is 16.5. The second-order valence-corrected chi connectivity index (χ2v) is 8.19. The molecule has 0 saturated heterocycles. The average molecular weight is 420 g/mol. The van der Waals surface area contributed by atoms with Crippen LogP contribution < -0.4 is 5.32 Å². The van der Waals surface area contributed by atoms with Crippen LogP contribution in [-0.4, -0.2) is 30.8 Å². The third-order valence-corrected chi connectivity index (χ3v) is 5.76. The molecule has 0 spiro atoms. The van der Waals surface area contributed by atoms with Crippen LogP contribution in [0.25, 0.3) is 0 Å². The van der Waals surface area contributed by atoms with E-state index < -0.39 is 23.2 Å². The summed E-state index contributed by atoms with van der Waals surface area (Å²) < 4.78 is 5.29. The van der Waals surface area contributed by atoms with Crippen LogP contribution in [-0.2, 0) is 14.3 Å². The Hall–Kier alpha value is -3.21. The number of carbonyl (C=O) groups excluding carboxylic acids is 3. The molecule has 2 aromatic carbocycles. The van der Waals surface area contributed by atoms with Crippen LogP contribution in [0.2, 0.25) is 0 Å². The lowest BCUT2D eigenvalue weighted by molar-refractivity contribution is -0.148. The summed E-state index contributed by atoms with van der Waals surface area (Å²) in [5.74, 6) is -1.82. The van der Waals surface area contributed by atoms with Crippen LogP contribution in [0.4, 0.5) is 0 Å². The predicted octanol–water partition coefficient (Wildman–Crippen LogP) is 4.30. The van der Waals surface area contributed by atoms with Crippen LogP contribution in [0.3, 0.4) is 0 Å². The highest BCUT2D eigenvalue weighted by Gasteiger charge is 2.37. The fraction of sp³-hybridized carbons (Fsp3) is 0.346. The van der Waals surface area contributed by atoms with Crippen LogP contribution in [0, 0.1) is 11.3 Å². The van der Waals surface area contributed by atoms with E-state index in [0.29, 0.717) is 24.9 Å². The Bertz CT molecular complexity index is 938. The van der Waals surface area contributed by atoms with Gasteiger partial charge in [-0.05, 0) is 31.0 Å². The van der Waals surface area contributed by atoms with Crippen molar-refractivity contribution in [3.8, 4) is 0 Å². The fourth-order valence-corrected chi connectivity index (χ4v) is 3.92. The van der Waals surface area contributed by atoms with Gasteiger partial charge in [0.2, 0.25) is 0 Å². The Morgan fingerprint density at radius 2 is 1.71 bits per heavy atom. The van der Waals surface area contributed by atoms with Gasteiger partial charge in [-0.3, -0.25) is 14.4 Å². The number of hydrogen-bond acceptors (Lipinski definition) is 4. The van der Waals surface area contributed by atoms with Crippen molar-refractivity contribution in [2.24, 2.45) is 11.3 Å². The van der Waals surface area contributed by atoms with Gasteiger partial charge in [0.05, 0.1) is 18.4 Å². The average Bonchev–Trinajstić information content (AvgIpc) is 2.79. The number of amides is 1. The number of nitrogens with one attached hydrogen (secondary N) is 1. The predicted molar refractivity (Wildman–Crippen MR) is 120 cm³/mol. The van der Waals surface area contributed by atoms with Gasteiger partial charge in [0.15, 0.2) is 0 Å². The molecule has 0 bridgehead atoms. The third kappa shape index (κ3) is 5.69. The molecule has 0 aromatic heterocycles. The molecule has 5 heteroatoms. The lowest BCUT2D eigenvalue weighted by Gasteiger charge is -2.32. The van der Waals surface area contributed by atoms with Gasteiger partial charge in [-0.25, -0.2) is 0 Å². The van der Waals surface area contributed by atoms with Gasteiger partial charge in [0.1, 0.15) is 5.78 Å². The molecule has 31 heavy (non-hydrogen) atoms. The van der Waals surface area contributed by atoms with E-state index in [-0.39, 0.29) is 18.3 Å². The van der Waals surface area contributed by atoms with Gasteiger partial charge in [0, 0.05) is 23.9 Å². The maximum atomic E-state index is 13.2. The summed E-state index contributed by atoms with van der Waals surface area (Å²) in [4.78, 5) is 38.4. The third-order valence-electron chi connectivity index (χ3n) is 5.76. The molecular formula is C26H29NO4. The topological polar surface area (TPSA) is 72.5 Å². The van der Waals surface area contributed by atoms with Gasteiger partial charge in [-0.2, -0.15) is 0 Å². The van der Waals surface area contributed by atoms with Gasteiger partial charge >= 0.3 is 5.97 Å². The maximum Gasteiger partial charge on any atom is 0.313 e. The summed E-state index contributed by atoms with van der Waals surface area (Å²) in [6, 6.07) is 18.4. The maximum absolute atomic E-state index is 13.2. The lowest BCUT2D eigenvalue weighted by atomic mass is 9.73. The molecule has 1 aliphatic rings. The van der Waals surface area contributed by atoms with E-state index in [0.717, 1.165) is 5.56 Å². The number of carbonyl (C=O) groups is 3. The minimum absolute atomic E-state index is 0.00853. The number of Topliss-reactive ketones (excluding diaryl/α,β-unsaturated/α-hetero) is 1. The van der Waals surface area contributed by atoms with Crippen molar-refractivity contribution < 1.29 is 19.1 Å². The molecule has 2 aromatic rings. The molecule has 0 fully saturated rings. The standard InChI is InChI=1S/C26H29NO4/c1-3-31-25(30)21-14-16-26(2,18-27-24(29)20-12-8-5-9-13-20)17-15-22(28)23(21)19-10-6-4-7-11-19/h4-14,16,21,23H,3,15,17-18H2,1-2H3,(H,27,29)/b16-14+/t21-,23+,26?/m0/s1. The van der Waals surface area contributed by atoms with Crippen LogP contribution >= 0.6 is 0 Å². The zero-order valence-electron chi connectivity index (χ0n) is 18.0. The first-order chi connectivity index (χ1) is 14.9. The van der Waals surface area contributed by atoms with Gasteiger partial charge < -0.3 is 10.1 Å². The van der Waals surface area contributed by atoms with Crippen LogP contribution in [0.5, 0.6) is 0 Å². The van der Waals surface area contributed by atoms with E-state index in [4.69, 9.17) is 4.74 Å². The molecule has 0 saturated carbocycles. The monoisotopic (exact) mass is 419 g/mol. The molecule has 162 valence electrons. The van der Waals surface area contributed by atoms with Crippen LogP contribution in [0.1, 0.15) is 48.5 Å². The van der Waals surface area contributed by atoms with Gasteiger partial charge in [-0.1, -0.05) is 67.6 Å².